The Hall–Kier alpha value is -1.53. The third-order valence-corrected chi connectivity index (χ3v) is 7.89. The van der Waals surface area contributed by atoms with Crippen LogP contribution < -0.4 is 10.6 Å². The highest BCUT2D eigenvalue weighted by Gasteiger charge is 2.56. The zero-order valence-corrected chi connectivity index (χ0v) is 25.6. The zero-order chi connectivity index (χ0) is 25.7. The number of carbonyl (C=O) groups excluding carboxylic acids is 2. The van der Waals surface area contributed by atoms with E-state index in [2.05, 4.69) is 10.6 Å². The van der Waals surface area contributed by atoms with Crippen LogP contribution in [0.25, 0.3) is 0 Å². The number of carboxylic acids is 1. The summed E-state index contributed by atoms with van der Waals surface area (Å²) in [5.74, 6) is -1.34. The van der Waals surface area contributed by atoms with Gasteiger partial charge in [-0.15, -0.1) is 34.0 Å². The summed E-state index contributed by atoms with van der Waals surface area (Å²) in [6, 6.07) is 6.64. The first-order chi connectivity index (χ1) is 17.3. The number of hydrogen-bond donors (Lipinski definition) is 3. The molecule has 3 N–H and O–H groups in total. The third-order valence-electron chi connectivity index (χ3n) is 7.89. The van der Waals surface area contributed by atoms with Crippen molar-refractivity contribution >= 4 is 51.9 Å². The molecule has 9 nitrogen and oxygen atoms in total. The zero-order valence-electron chi connectivity index (χ0n) is 22.1. The molecule has 0 aromatic heterocycles. The number of nitrogens with one attached hydrogen (secondary N) is 2. The van der Waals surface area contributed by atoms with Gasteiger partial charge in [0.2, 0.25) is 0 Å². The first-order valence-electron chi connectivity index (χ1n) is 13.3. The van der Waals surface area contributed by atoms with Crippen LogP contribution >= 0.6 is 34.0 Å². The number of nitrogens with zero attached hydrogens (tertiary/aromatic N) is 1. The Bertz CT molecular complexity index is 960. The van der Waals surface area contributed by atoms with Crippen LogP contribution in [0, 0.1) is 5.92 Å². The van der Waals surface area contributed by atoms with Crippen molar-refractivity contribution in [2.45, 2.75) is 82.6 Å². The number of benzene rings is 1. The summed E-state index contributed by atoms with van der Waals surface area (Å²) in [4.78, 5) is 39.9. The van der Waals surface area contributed by atoms with Gasteiger partial charge in [-0.3, -0.25) is 19.8 Å². The lowest BCUT2D eigenvalue weighted by molar-refractivity contribution is -0.193. The lowest BCUT2D eigenvalue weighted by Crippen LogP contribution is -2.72. The van der Waals surface area contributed by atoms with Gasteiger partial charge in [0.25, 0.3) is 0 Å². The molecule has 3 aliphatic rings. The topological polar surface area (TPSA) is 117 Å². The number of hydrogen-bond acceptors (Lipinski definition) is 8. The first kappa shape index (κ1) is 32.7. The number of carbonyl (C=O) groups is 3. The van der Waals surface area contributed by atoms with Crippen molar-refractivity contribution in [2.24, 2.45) is 5.92 Å². The lowest BCUT2D eigenvalue weighted by atomic mass is 9.91. The molecule has 214 valence electrons. The largest absolute Gasteiger partial charge is 0.480 e. The molecule has 1 aromatic carbocycles. The van der Waals surface area contributed by atoms with Gasteiger partial charge in [0, 0.05) is 0 Å². The standard InChI is InChI=1S/C27H39N3O6.2BrH/c1-3-35-25(33)21(11-7-4-8-18-12-14-28-15-13-18)29-27(2)26(34)36-24-20-10-6-5-9-19(20)16-22(24)30(27)17-23(31)32;;/h5-6,9-10,18,21-22,24,28-29H,3-4,7-8,11-17H2,1-2H3,(H,31,32);2*1H/t21-,22?,24?,27?;;/m0../s1. The van der Waals surface area contributed by atoms with Crippen LogP contribution in [0.15, 0.2) is 24.3 Å². The van der Waals surface area contributed by atoms with Gasteiger partial charge >= 0.3 is 17.9 Å². The molecular weight excluding hydrogens is 622 g/mol. The number of morpholine rings is 1. The second-order valence-corrected chi connectivity index (χ2v) is 10.3. The van der Waals surface area contributed by atoms with Crippen LogP contribution in [0.4, 0.5) is 0 Å². The second kappa shape index (κ2) is 14.7. The summed E-state index contributed by atoms with van der Waals surface area (Å²) in [6.07, 6.45) is 5.81. The van der Waals surface area contributed by atoms with Gasteiger partial charge in [-0.25, -0.2) is 4.79 Å². The summed E-state index contributed by atoms with van der Waals surface area (Å²) in [7, 11) is 0. The maximum atomic E-state index is 13.4. The fourth-order valence-corrected chi connectivity index (χ4v) is 5.98. The van der Waals surface area contributed by atoms with Gasteiger partial charge in [0.15, 0.2) is 5.66 Å². The van der Waals surface area contributed by atoms with E-state index in [-0.39, 0.29) is 53.2 Å². The highest BCUT2D eigenvalue weighted by Crippen LogP contribution is 2.43. The molecule has 11 heteroatoms. The number of aliphatic carboxylic acids is 1. The van der Waals surface area contributed by atoms with E-state index in [0.717, 1.165) is 43.5 Å². The molecule has 2 saturated heterocycles. The van der Waals surface area contributed by atoms with E-state index in [1.807, 2.05) is 24.3 Å². The fourth-order valence-electron chi connectivity index (χ4n) is 5.98. The van der Waals surface area contributed by atoms with E-state index in [4.69, 9.17) is 9.47 Å². The van der Waals surface area contributed by atoms with Crippen molar-refractivity contribution in [3.8, 4) is 0 Å². The number of esters is 2. The molecule has 0 spiro atoms. The molecular formula is C27H41Br2N3O6. The molecule has 38 heavy (non-hydrogen) atoms. The summed E-state index contributed by atoms with van der Waals surface area (Å²) >= 11 is 0. The number of rotatable bonds is 11. The molecule has 0 saturated carbocycles. The number of fused-ring (bicyclic) bond motifs is 3. The fraction of sp³-hybridized carbons (Fsp3) is 0.667. The Balaban J connectivity index is 0.00000253. The smallest absolute Gasteiger partial charge is 0.342 e. The van der Waals surface area contributed by atoms with Gasteiger partial charge in [0.1, 0.15) is 12.1 Å². The summed E-state index contributed by atoms with van der Waals surface area (Å²) in [6.45, 7) is 5.37. The molecule has 0 radical (unpaired) electrons. The van der Waals surface area contributed by atoms with Crippen LogP contribution in [0.3, 0.4) is 0 Å². The minimum atomic E-state index is -1.48. The molecule has 3 unspecified atom stereocenters. The number of carboxylic acid groups (broad SMARTS) is 1. The molecule has 0 bridgehead atoms. The van der Waals surface area contributed by atoms with E-state index in [9.17, 15) is 19.5 Å². The minimum absolute atomic E-state index is 0. The van der Waals surface area contributed by atoms with Crippen LogP contribution in [-0.2, 0) is 30.3 Å². The summed E-state index contributed by atoms with van der Waals surface area (Å²) in [5, 5.41) is 16.3. The highest BCUT2D eigenvalue weighted by atomic mass is 79.9. The number of piperidine rings is 1. The Morgan fingerprint density at radius 1 is 1.24 bits per heavy atom. The van der Waals surface area contributed by atoms with Crippen molar-refractivity contribution < 1.29 is 29.0 Å². The third kappa shape index (κ3) is 7.35. The molecule has 4 atom stereocenters. The van der Waals surface area contributed by atoms with Crippen molar-refractivity contribution in [3.05, 3.63) is 35.4 Å². The molecule has 2 aliphatic heterocycles. The second-order valence-electron chi connectivity index (χ2n) is 10.3. The number of unbranched alkanes of at least 4 members (excludes halogenated alkanes) is 1. The number of ether oxygens (including phenoxy) is 2. The number of halogens is 2. The predicted molar refractivity (Wildman–Crippen MR) is 154 cm³/mol. The van der Waals surface area contributed by atoms with E-state index < -0.39 is 35.7 Å². The average Bonchev–Trinajstić information content (AvgIpc) is 3.22. The minimum Gasteiger partial charge on any atom is -0.480 e. The van der Waals surface area contributed by atoms with Crippen LogP contribution in [0.2, 0.25) is 0 Å². The van der Waals surface area contributed by atoms with Crippen LogP contribution in [-0.4, -0.2) is 71.9 Å². The first-order valence-corrected chi connectivity index (χ1v) is 13.3. The predicted octanol–water partition coefficient (Wildman–Crippen LogP) is 3.55. The van der Waals surface area contributed by atoms with Gasteiger partial charge in [-0.1, -0.05) is 43.5 Å². The van der Waals surface area contributed by atoms with Gasteiger partial charge in [-0.2, -0.15) is 0 Å². The van der Waals surface area contributed by atoms with Crippen LogP contribution in [0.5, 0.6) is 0 Å². The van der Waals surface area contributed by atoms with Crippen molar-refractivity contribution in [3.63, 3.8) is 0 Å². The average molecular weight is 663 g/mol. The van der Waals surface area contributed by atoms with E-state index >= 15 is 0 Å². The molecule has 2 fully saturated rings. The maximum Gasteiger partial charge on any atom is 0.342 e. The van der Waals surface area contributed by atoms with Crippen LogP contribution in [0.1, 0.15) is 69.6 Å². The summed E-state index contributed by atoms with van der Waals surface area (Å²) in [5.41, 5.74) is 0.474. The van der Waals surface area contributed by atoms with Crippen molar-refractivity contribution in [2.75, 3.05) is 26.2 Å². The van der Waals surface area contributed by atoms with Gasteiger partial charge in [-0.05, 0) is 69.7 Å². The molecule has 0 amide bonds. The normalized spacial score (nSPS) is 25.7. The van der Waals surface area contributed by atoms with E-state index in [1.54, 1.807) is 18.7 Å². The monoisotopic (exact) mass is 661 g/mol. The molecule has 1 aliphatic carbocycles. The SMILES string of the molecule is Br.Br.CCOC(=O)[C@H](CCCCC1CCNCC1)NC1(C)C(=O)OC2c3ccccc3CC2N1CC(=O)O. The van der Waals surface area contributed by atoms with E-state index in [0.29, 0.717) is 18.8 Å². The Morgan fingerprint density at radius 3 is 2.63 bits per heavy atom. The van der Waals surface area contributed by atoms with Gasteiger partial charge < -0.3 is 19.9 Å². The molecule has 1 aromatic rings. The van der Waals surface area contributed by atoms with Crippen molar-refractivity contribution in [1.82, 2.24) is 15.5 Å². The Labute approximate surface area is 245 Å². The summed E-state index contributed by atoms with van der Waals surface area (Å²) < 4.78 is 11.2. The van der Waals surface area contributed by atoms with E-state index in [1.165, 1.54) is 12.8 Å². The molecule has 4 rings (SSSR count). The van der Waals surface area contributed by atoms with Crippen molar-refractivity contribution in [1.29, 1.82) is 0 Å². The Kier molecular flexibility index (Phi) is 12.7. The lowest BCUT2D eigenvalue weighted by Gasteiger charge is -2.49. The maximum absolute atomic E-state index is 13.4. The van der Waals surface area contributed by atoms with Gasteiger partial charge in [0.05, 0.1) is 19.2 Å². The highest BCUT2D eigenvalue weighted by molar-refractivity contribution is 8.93. The molecule has 2 heterocycles. The Morgan fingerprint density at radius 2 is 1.95 bits per heavy atom. The quantitative estimate of drug-likeness (QED) is 0.242.